The standard InChI is InChI=1S/C10H23O2P/c1-4-5-6-7-8-9-10-12-13(2,3)11/h4-10H2,1-3H3. The van der Waals surface area contributed by atoms with Crippen molar-refractivity contribution >= 4 is 7.37 Å². The Morgan fingerprint density at radius 3 is 2.08 bits per heavy atom. The molecule has 3 heteroatoms. The molecule has 0 amide bonds. The monoisotopic (exact) mass is 206 g/mol. The second-order valence-corrected chi connectivity index (χ2v) is 6.62. The summed E-state index contributed by atoms with van der Waals surface area (Å²) in [7, 11) is -2.23. The predicted octanol–water partition coefficient (Wildman–Crippen LogP) is 3.90. The molecule has 0 aliphatic heterocycles. The molecule has 0 heterocycles. The summed E-state index contributed by atoms with van der Waals surface area (Å²) in [5.41, 5.74) is 0. The van der Waals surface area contributed by atoms with Crippen LogP contribution in [0.4, 0.5) is 0 Å². The molecule has 0 saturated carbocycles. The zero-order valence-corrected chi connectivity index (χ0v) is 10.1. The van der Waals surface area contributed by atoms with Crippen LogP contribution in [0, 0.1) is 0 Å². The van der Waals surface area contributed by atoms with Gasteiger partial charge < -0.3 is 4.52 Å². The molecule has 80 valence electrons. The van der Waals surface area contributed by atoms with Crippen LogP contribution >= 0.6 is 7.37 Å². The Hall–Kier alpha value is 0.190. The Labute approximate surface area is 82.5 Å². The van der Waals surface area contributed by atoms with Gasteiger partial charge in [0.1, 0.15) is 0 Å². The minimum Gasteiger partial charge on any atom is -0.329 e. The van der Waals surface area contributed by atoms with Gasteiger partial charge in [0.15, 0.2) is 7.37 Å². The van der Waals surface area contributed by atoms with Gasteiger partial charge in [-0.3, -0.25) is 4.57 Å². The van der Waals surface area contributed by atoms with Gasteiger partial charge in [0.05, 0.1) is 6.61 Å². The lowest BCUT2D eigenvalue weighted by molar-refractivity contribution is 0.308. The zero-order chi connectivity index (χ0) is 10.2. The molecule has 0 fully saturated rings. The maximum Gasteiger partial charge on any atom is 0.197 e. The van der Waals surface area contributed by atoms with Gasteiger partial charge in [-0.05, 0) is 6.42 Å². The van der Waals surface area contributed by atoms with E-state index < -0.39 is 7.37 Å². The summed E-state index contributed by atoms with van der Waals surface area (Å²) < 4.78 is 16.3. The quantitative estimate of drug-likeness (QED) is 0.444. The van der Waals surface area contributed by atoms with Gasteiger partial charge in [0, 0.05) is 13.3 Å². The summed E-state index contributed by atoms with van der Waals surface area (Å²) in [6.45, 7) is 6.22. The predicted molar refractivity (Wildman–Crippen MR) is 58.8 cm³/mol. The summed E-state index contributed by atoms with van der Waals surface area (Å²) in [5.74, 6) is 0. The first-order valence-electron chi connectivity index (χ1n) is 5.26. The van der Waals surface area contributed by atoms with Crippen LogP contribution < -0.4 is 0 Å². The van der Waals surface area contributed by atoms with Crippen LogP contribution in [0.3, 0.4) is 0 Å². The molecule has 13 heavy (non-hydrogen) atoms. The van der Waals surface area contributed by atoms with E-state index in [4.69, 9.17) is 4.52 Å². The van der Waals surface area contributed by atoms with Crippen LogP contribution in [-0.4, -0.2) is 19.9 Å². The summed E-state index contributed by atoms with van der Waals surface area (Å²) in [5, 5.41) is 0. The number of rotatable bonds is 8. The third-order valence-electron chi connectivity index (χ3n) is 1.90. The van der Waals surface area contributed by atoms with Crippen LogP contribution in [0.5, 0.6) is 0 Å². The smallest absolute Gasteiger partial charge is 0.197 e. The molecule has 0 aromatic carbocycles. The second kappa shape index (κ2) is 7.58. The van der Waals surface area contributed by atoms with Crippen molar-refractivity contribution in [2.45, 2.75) is 45.4 Å². The first kappa shape index (κ1) is 13.2. The van der Waals surface area contributed by atoms with Crippen LogP contribution in [0.25, 0.3) is 0 Å². The van der Waals surface area contributed by atoms with Crippen molar-refractivity contribution in [1.82, 2.24) is 0 Å². The third-order valence-corrected chi connectivity index (χ3v) is 2.70. The lowest BCUT2D eigenvalue weighted by atomic mass is 10.1. The Kier molecular flexibility index (Phi) is 7.69. The van der Waals surface area contributed by atoms with E-state index in [1.807, 2.05) is 0 Å². The van der Waals surface area contributed by atoms with E-state index in [1.54, 1.807) is 13.3 Å². The first-order valence-corrected chi connectivity index (χ1v) is 7.77. The molecule has 0 aliphatic rings. The Morgan fingerprint density at radius 1 is 1.00 bits per heavy atom. The molecular weight excluding hydrogens is 183 g/mol. The minimum atomic E-state index is -2.23. The van der Waals surface area contributed by atoms with Crippen molar-refractivity contribution in [2.75, 3.05) is 19.9 Å². The fraction of sp³-hybridized carbons (Fsp3) is 1.00. The van der Waals surface area contributed by atoms with Crippen molar-refractivity contribution in [3.63, 3.8) is 0 Å². The molecule has 0 aliphatic carbocycles. The first-order chi connectivity index (χ1) is 6.06. The van der Waals surface area contributed by atoms with Crippen molar-refractivity contribution in [3.05, 3.63) is 0 Å². The van der Waals surface area contributed by atoms with E-state index in [2.05, 4.69) is 6.92 Å². The molecule has 0 aromatic heterocycles. The molecule has 0 aromatic rings. The van der Waals surface area contributed by atoms with Crippen LogP contribution in [0.1, 0.15) is 45.4 Å². The average molecular weight is 206 g/mol. The summed E-state index contributed by atoms with van der Waals surface area (Å²) in [6, 6.07) is 0. The molecular formula is C10H23O2P. The number of hydrogen-bond donors (Lipinski definition) is 0. The van der Waals surface area contributed by atoms with Crippen molar-refractivity contribution in [1.29, 1.82) is 0 Å². The van der Waals surface area contributed by atoms with E-state index in [9.17, 15) is 4.57 Å². The third kappa shape index (κ3) is 12.2. The highest BCUT2D eigenvalue weighted by molar-refractivity contribution is 7.57. The molecule has 0 spiro atoms. The van der Waals surface area contributed by atoms with E-state index in [0.717, 1.165) is 6.42 Å². The largest absolute Gasteiger partial charge is 0.329 e. The lowest BCUT2D eigenvalue weighted by Gasteiger charge is -2.07. The van der Waals surface area contributed by atoms with E-state index in [1.165, 1.54) is 32.1 Å². The van der Waals surface area contributed by atoms with E-state index in [-0.39, 0.29) is 0 Å². The fourth-order valence-electron chi connectivity index (χ4n) is 1.17. The highest BCUT2D eigenvalue weighted by atomic mass is 31.2. The van der Waals surface area contributed by atoms with Crippen molar-refractivity contribution < 1.29 is 9.09 Å². The highest BCUT2D eigenvalue weighted by Crippen LogP contribution is 2.37. The Bertz CT molecular complexity index is 151. The zero-order valence-electron chi connectivity index (χ0n) is 9.21. The fourth-order valence-corrected chi connectivity index (χ4v) is 1.74. The Morgan fingerprint density at radius 2 is 1.54 bits per heavy atom. The summed E-state index contributed by atoms with van der Waals surface area (Å²) >= 11 is 0. The molecule has 0 radical (unpaired) electrons. The van der Waals surface area contributed by atoms with Crippen molar-refractivity contribution in [3.8, 4) is 0 Å². The molecule has 0 N–H and O–H groups in total. The van der Waals surface area contributed by atoms with Gasteiger partial charge in [-0.15, -0.1) is 0 Å². The van der Waals surface area contributed by atoms with Gasteiger partial charge >= 0.3 is 0 Å². The average Bonchev–Trinajstić information content (AvgIpc) is 2.01. The van der Waals surface area contributed by atoms with Gasteiger partial charge in [-0.2, -0.15) is 0 Å². The van der Waals surface area contributed by atoms with Crippen LogP contribution in [0.15, 0.2) is 0 Å². The Balaban J connectivity index is 3.04. The molecule has 0 rings (SSSR count). The summed E-state index contributed by atoms with van der Waals surface area (Å²) in [4.78, 5) is 0. The number of unbranched alkanes of at least 4 members (excludes halogenated alkanes) is 5. The maximum absolute atomic E-state index is 11.1. The second-order valence-electron chi connectivity index (χ2n) is 3.85. The highest BCUT2D eigenvalue weighted by Gasteiger charge is 2.04. The summed E-state index contributed by atoms with van der Waals surface area (Å²) in [6.07, 6.45) is 7.49. The molecule has 0 bridgehead atoms. The minimum absolute atomic E-state index is 0.663. The topological polar surface area (TPSA) is 26.3 Å². The molecule has 0 atom stereocenters. The normalized spacial score (nSPS) is 11.9. The van der Waals surface area contributed by atoms with E-state index >= 15 is 0 Å². The van der Waals surface area contributed by atoms with Crippen LogP contribution in [0.2, 0.25) is 0 Å². The van der Waals surface area contributed by atoms with Crippen molar-refractivity contribution in [2.24, 2.45) is 0 Å². The number of hydrogen-bond acceptors (Lipinski definition) is 2. The van der Waals surface area contributed by atoms with Gasteiger partial charge in [-0.25, -0.2) is 0 Å². The van der Waals surface area contributed by atoms with Gasteiger partial charge in [0.25, 0.3) is 0 Å². The van der Waals surface area contributed by atoms with Gasteiger partial charge in [0.2, 0.25) is 0 Å². The van der Waals surface area contributed by atoms with E-state index in [0.29, 0.717) is 6.61 Å². The molecule has 0 saturated heterocycles. The SMILES string of the molecule is CCCCCCCCOP(C)(C)=O. The molecule has 0 unspecified atom stereocenters. The molecule has 2 nitrogen and oxygen atoms in total. The van der Waals surface area contributed by atoms with Gasteiger partial charge in [-0.1, -0.05) is 39.0 Å². The maximum atomic E-state index is 11.1. The lowest BCUT2D eigenvalue weighted by Crippen LogP contribution is -1.91. The van der Waals surface area contributed by atoms with Crippen LogP contribution in [-0.2, 0) is 9.09 Å².